The molecule has 0 fully saturated rings. The van der Waals surface area contributed by atoms with Crippen LogP contribution >= 0.6 is 0 Å². The highest BCUT2D eigenvalue weighted by atomic mass is 16.5. The molecule has 0 aromatic heterocycles. The largest absolute Gasteiger partial charge is 0.497 e. The lowest BCUT2D eigenvalue weighted by atomic mass is 10.00. The maximum absolute atomic E-state index is 5.22. The summed E-state index contributed by atoms with van der Waals surface area (Å²) < 4.78 is 5.22. The van der Waals surface area contributed by atoms with Gasteiger partial charge in [-0.25, -0.2) is 0 Å². The molecule has 1 aliphatic rings. The van der Waals surface area contributed by atoms with Crippen LogP contribution in [0.3, 0.4) is 0 Å². The molecular weight excluding hydrogens is 196 g/mol. The van der Waals surface area contributed by atoms with Crippen LogP contribution in [0.4, 0.5) is 0 Å². The van der Waals surface area contributed by atoms with E-state index in [0.717, 1.165) is 18.6 Å². The zero-order valence-electron chi connectivity index (χ0n) is 9.78. The van der Waals surface area contributed by atoms with Crippen LogP contribution in [-0.4, -0.2) is 7.11 Å². The lowest BCUT2D eigenvalue weighted by Gasteiger charge is -2.07. The highest BCUT2D eigenvalue weighted by Gasteiger charge is 2.00. The second-order valence-corrected chi connectivity index (χ2v) is 4.11. The first-order chi connectivity index (χ1) is 7.88. The van der Waals surface area contributed by atoms with Crippen LogP contribution in [0.2, 0.25) is 0 Å². The van der Waals surface area contributed by atoms with Gasteiger partial charge in [-0.05, 0) is 43.4 Å². The summed E-state index contributed by atoms with van der Waals surface area (Å²) in [6, 6.07) is 8.32. The van der Waals surface area contributed by atoms with Crippen molar-refractivity contribution in [3.63, 3.8) is 0 Å². The summed E-state index contributed by atoms with van der Waals surface area (Å²) >= 11 is 0. The van der Waals surface area contributed by atoms with E-state index < -0.39 is 0 Å². The summed E-state index contributed by atoms with van der Waals surface area (Å²) in [5, 5.41) is 0. The van der Waals surface area contributed by atoms with Crippen LogP contribution in [0.1, 0.15) is 24.8 Å². The quantitative estimate of drug-likeness (QED) is 0.738. The van der Waals surface area contributed by atoms with Gasteiger partial charge in [-0.15, -0.1) is 0 Å². The summed E-state index contributed by atoms with van der Waals surface area (Å²) in [5.74, 6) is 0.950. The average Bonchev–Trinajstić information content (AvgIpc) is 2.38. The second kappa shape index (κ2) is 5.55. The van der Waals surface area contributed by atoms with Crippen molar-refractivity contribution in [1.82, 2.24) is 0 Å². The smallest absolute Gasteiger partial charge is 0.119 e. The van der Waals surface area contributed by atoms with Gasteiger partial charge in [0.15, 0.2) is 0 Å². The average molecular weight is 214 g/mol. The molecule has 0 bridgehead atoms. The fourth-order valence-electron chi connectivity index (χ4n) is 1.97. The molecule has 2 rings (SSSR count). The summed E-state index contributed by atoms with van der Waals surface area (Å²) in [6.07, 6.45) is 11.5. The molecule has 0 saturated heterocycles. The van der Waals surface area contributed by atoms with Crippen molar-refractivity contribution >= 4 is 0 Å². The van der Waals surface area contributed by atoms with Crippen molar-refractivity contribution in [3.8, 4) is 5.75 Å². The number of hydrogen-bond acceptors (Lipinski definition) is 1. The minimum atomic E-state index is 0.950. The zero-order valence-corrected chi connectivity index (χ0v) is 9.78. The van der Waals surface area contributed by atoms with Crippen LogP contribution in [0.15, 0.2) is 48.1 Å². The van der Waals surface area contributed by atoms with E-state index in [1.807, 2.05) is 6.07 Å². The van der Waals surface area contributed by atoms with Gasteiger partial charge in [0.2, 0.25) is 0 Å². The maximum Gasteiger partial charge on any atom is 0.119 e. The minimum absolute atomic E-state index is 0.950. The Bertz CT molecular complexity index is 402. The van der Waals surface area contributed by atoms with Crippen LogP contribution < -0.4 is 4.74 Å². The molecule has 0 spiro atoms. The number of methoxy groups -OCH3 is 1. The first-order valence-electron chi connectivity index (χ1n) is 5.87. The lowest BCUT2D eigenvalue weighted by Crippen LogP contribution is -1.91. The molecule has 0 atom stereocenters. The van der Waals surface area contributed by atoms with Crippen LogP contribution in [-0.2, 0) is 6.42 Å². The van der Waals surface area contributed by atoms with Gasteiger partial charge in [0.05, 0.1) is 7.11 Å². The van der Waals surface area contributed by atoms with Crippen molar-refractivity contribution < 1.29 is 4.74 Å². The molecule has 0 amide bonds. The molecule has 1 nitrogen and oxygen atoms in total. The number of hydrogen-bond donors (Lipinski definition) is 0. The molecule has 0 radical (unpaired) electrons. The van der Waals surface area contributed by atoms with Gasteiger partial charge >= 0.3 is 0 Å². The van der Waals surface area contributed by atoms with Gasteiger partial charge in [0, 0.05) is 0 Å². The molecule has 16 heavy (non-hydrogen) atoms. The van der Waals surface area contributed by atoms with Gasteiger partial charge in [-0.3, -0.25) is 0 Å². The predicted molar refractivity (Wildman–Crippen MR) is 67.8 cm³/mol. The molecule has 1 aromatic rings. The predicted octanol–water partition coefficient (Wildman–Crippen LogP) is 3.90. The standard InChI is InChI=1S/C15H18O/c1-16-15-9-5-8-14(12-15)11-10-13-6-3-2-4-7-13/h3,5-9,12H,2,4,10-11H2,1H3. The number of rotatable bonds is 4. The van der Waals surface area contributed by atoms with Crippen LogP contribution in [0.5, 0.6) is 5.75 Å². The second-order valence-electron chi connectivity index (χ2n) is 4.11. The van der Waals surface area contributed by atoms with E-state index in [0.29, 0.717) is 0 Å². The molecule has 0 heterocycles. The third kappa shape index (κ3) is 2.99. The van der Waals surface area contributed by atoms with Crippen molar-refractivity contribution in [1.29, 1.82) is 0 Å². The minimum Gasteiger partial charge on any atom is -0.497 e. The first-order valence-corrected chi connectivity index (χ1v) is 5.87. The molecular formula is C15H18O. The third-order valence-corrected chi connectivity index (χ3v) is 2.91. The Hall–Kier alpha value is -1.50. The van der Waals surface area contributed by atoms with Gasteiger partial charge in [-0.2, -0.15) is 0 Å². The molecule has 1 heteroatoms. The maximum atomic E-state index is 5.22. The normalized spacial score (nSPS) is 14.7. The Labute approximate surface area is 97.4 Å². The highest BCUT2D eigenvalue weighted by molar-refractivity contribution is 5.30. The van der Waals surface area contributed by atoms with E-state index >= 15 is 0 Å². The Morgan fingerprint density at radius 3 is 2.88 bits per heavy atom. The summed E-state index contributed by atoms with van der Waals surface area (Å²) in [7, 11) is 1.71. The van der Waals surface area contributed by atoms with E-state index in [4.69, 9.17) is 4.74 Å². The molecule has 1 aromatic carbocycles. The molecule has 0 aliphatic heterocycles. The summed E-state index contributed by atoms with van der Waals surface area (Å²) in [5.41, 5.74) is 2.81. The Balaban J connectivity index is 1.93. The topological polar surface area (TPSA) is 9.23 Å². The molecule has 1 aliphatic carbocycles. The van der Waals surface area contributed by atoms with Gasteiger partial charge < -0.3 is 4.74 Å². The molecule has 84 valence electrons. The Morgan fingerprint density at radius 2 is 2.12 bits per heavy atom. The summed E-state index contributed by atoms with van der Waals surface area (Å²) in [6.45, 7) is 0. The van der Waals surface area contributed by atoms with Crippen molar-refractivity contribution in [2.45, 2.75) is 25.7 Å². The zero-order chi connectivity index (χ0) is 11.2. The number of aryl methyl sites for hydroxylation is 1. The molecule has 0 saturated carbocycles. The highest BCUT2D eigenvalue weighted by Crippen LogP contribution is 2.18. The summed E-state index contributed by atoms with van der Waals surface area (Å²) in [4.78, 5) is 0. The van der Waals surface area contributed by atoms with Crippen LogP contribution in [0, 0.1) is 0 Å². The van der Waals surface area contributed by atoms with Crippen LogP contribution in [0.25, 0.3) is 0 Å². The van der Waals surface area contributed by atoms with Gasteiger partial charge in [0.25, 0.3) is 0 Å². The monoisotopic (exact) mass is 214 g/mol. The van der Waals surface area contributed by atoms with E-state index in [2.05, 4.69) is 36.4 Å². The van der Waals surface area contributed by atoms with Crippen molar-refractivity contribution in [2.75, 3.05) is 7.11 Å². The Kier molecular flexibility index (Phi) is 3.81. The van der Waals surface area contributed by atoms with E-state index in [-0.39, 0.29) is 0 Å². The SMILES string of the molecule is COc1cccc(CCC2=CCCC=C2)c1. The van der Waals surface area contributed by atoms with Crippen molar-refractivity contribution in [2.24, 2.45) is 0 Å². The van der Waals surface area contributed by atoms with Gasteiger partial charge in [-0.1, -0.05) is 35.9 Å². The lowest BCUT2D eigenvalue weighted by molar-refractivity contribution is 0.414. The van der Waals surface area contributed by atoms with E-state index in [1.165, 1.54) is 24.0 Å². The number of ether oxygens (including phenoxy) is 1. The van der Waals surface area contributed by atoms with E-state index in [1.54, 1.807) is 7.11 Å². The molecule has 0 unspecified atom stereocenters. The number of allylic oxidation sites excluding steroid dienone is 4. The first kappa shape index (κ1) is 11.0. The number of benzene rings is 1. The Morgan fingerprint density at radius 1 is 1.19 bits per heavy atom. The fraction of sp³-hybridized carbons (Fsp3) is 0.333. The van der Waals surface area contributed by atoms with Gasteiger partial charge in [0.1, 0.15) is 5.75 Å². The third-order valence-electron chi connectivity index (χ3n) is 2.91. The fourth-order valence-corrected chi connectivity index (χ4v) is 1.97. The molecule has 0 N–H and O–H groups in total. The van der Waals surface area contributed by atoms with Crippen molar-refractivity contribution in [3.05, 3.63) is 53.6 Å². The van der Waals surface area contributed by atoms with E-state index in [9.17, 15) is 0 Å².